The molecule has 0 atom stereocenters. The number of rotatable bonds is 6. The molecule has 18 heavy (non-hydrogen) atoms. The molecule has 1 aromatic rings. The van der Waals surface area contributed by atoms with Crippen LogP contribution in [0.15, 0.2) is 4.90 Å². The fourth-order valence-electron chi connectivity index (χ4n) is 1.87. The zero-order valence-electron chi connectivity index (χ0n) is 11.6. The first kappa shape index (κ1) is 15.1. The summed E-state index contributed by atoms with van der Waals surface area (Å²) in [5, 5.41) is 7.30. The summed E-state index contributed by atoms with van der Waals surface area (Å²) in [6.07, 6.45) is 0. The number of sulfonamides is 1. The number of hydrogen-bond acceptors (Lipinski definition) is 4. The molecule has 0 spiro atoms. The van der Waals surface area contributed by atoms with E-state index in [0.717, 1.165) is 6.54 Å². The molecule has 0 saturated carbocycles. The normalized spacial score (nSPS) is 12.3. The Morgan fingerprint density at radius 3 is 2.44 bits per heavy atom. The van der Waals surface area contributed by atoms with Gasteiger partial charge in [-0.1, -0.05) is 0 Å². The van der Waals surface area contributed by atoms with E-state index in [1.54, 1.807) is 32.4 Å². The van der Waals surface area contributed by atoms with Crippen LogP contribution in [-0.2, 0) is 16.6 Å². The third-order valence-corrected chi connectivity index (χ3v) is 4.46. The summed E-state index contributed by atoms with van der Waals surface area (Å²) in [6, 6.07) is -0.130. The molecule has 104 valence electrons. The molecule has 1 aromatic heterocycles. The van der Waals surface area contributed by atoms with E-state index in [4.69, 9.17) is 0 Å². The summed E-state index contributed by atoms with van der Waals surface area (Å²) in [5.74, 6) is 0. The van der Waals surface area contributed by atoms with Crippen molar-refractivity contribution in [3.63, 3.8) is 0 Å². The van der Waals surface area contributed by atoms with E-state index >= 15 is 0 Å². The fourth-order valence-corrected chi connectivity index (χ4v) is 3.54. The van der Waals surface area contributed by atoms with Crippen LogP contribution in [0.5, 0.6) is 0 Å². The first-order chi connectivity index (χ1) is 8.29. The van der Waals surface area contributed by atoms with Gasteiger partial charge in [0.15, 0.2) is 0 Å². The van der Waals surface area contributed by atoms with Gasteiger partial charge in [0.1, 0.15) is 4.90 Å². The van der Waals surface area contributed by atoms with Crippen molar-refractivity contribution in [2.24, 2.45) is 0 Å². The van der Waals surface area contributed by atoms with Crippen LogP contribution in [0.1, 0.15) is 25.2 Å². The predicted molar refractivity (Wildman–Crippen MR) is 71.1 cm³/mol. The monoisotopic (exact) mass is 274 g/mol. The molecule has 0 amide bonds. The molecule has 0 aliphatic carbocycles. The van der Waals surface area contributed by atoms with Crippen molar-refractivity contribution in [1.29, 1.82) is 0 Å². The maximum absolute atomic E-state index is 12.2. The van der Waals surface area contributed by atoms with Crippen LogP contribution < -0.4 is 10.0 Å². The average Bonchev–Trinajstić information content (AvgIpc) is 2.49. The number of nitrogens with one attached hydrogen (secondary N) is 2. The molecule has 1 heterocycles. The third-order valence-electron chi connectivity index (χ3n) is 2.55. The van der Waals surface area contributed by atoms with Gasteiger partial charge in [-0.25, -0.2) is 13.1 Å². The Labute approximate surface area is 109 Å². The van der Waals surface area contributed by atoms with Crippen LogP contribution in [0.3, 0.4) is 0 Å². The Kier molecular flexibility index (Phi) is 4.89. The van der Waals surface area contributed by atoms with Crippen LogP contribution >= 0.6 is 0 Å². The number of aryl methyl sites for hydroxylation is 1. The first-order valence-corrected chi connectivity index (χ1v) is 7.49. The van der Waals surface area contributed by atoms with Crippen LogP contribution in [-0.4, -0.2) is 37.8 Å². The first-order valence-electron chi connectivity index (χ1n) is 6.00. The van der Waals surface area contributed by atoms with Gasteiger partial charge in [-0.2, -0.15) is 5.10 Å². The molecule has 0 aliphatic rings. The Morgan fingerprint density at radius 1 is 1.33 bits per heavy atom. The Morgan fingerprint density at radius 2 is 1.94 bits per heavy atom. The van der Waals surface area contributed by atoms with E-state index < -0.39 is 10.0 Å². The van der Waals surface area contributed by atoms with E-state index in [1.807, 2.05) is 7.05 Å². The molecule has 1 rings (SSSR count). The molecule has 0 bridgehead atoms. The molecule has 6 nitrogen and oxygen atoms in total. The second-order valence-electron chi connectivity index (χ2n) is 4.60. The molecule has 0 unspecified atom stereocenters. The SMILES string of the molecule is CNCCn1nc(C)c(S(=O)(=O)NC(C)C)c1C. The van der Waals surface area contributed by atoms with E-state index in [0.29, 0.717) is 22.8 Å². The van der Waals surface area contributed by atoms with Crippen molar-refractivity contribution >= 4 is 10.0 Å². The quantitative estimate of drug-likeness (QED) is 0.787. The summed E-state index contributed by atoms with van der Waals surface area (Å²) in [4.78, 5) is 0.298. The van der Waals surface area contributed by atoms with Gasteiger partial charge in [0.2, 0.25) is 10.0 Å². The lowest BCUT2D eigenvalue weighted by atomic mass is 10.4. The van der Waals surface area contributed by atoms with Gasteiger partial charge in [-0.05, 0) is 34.7 Å². The Bertz CT molecular complexity index is 505. The molecule has 2 N–H and O–H groups in total. The molecule has 7 heteroatoms. The predicted octanol–water partition coefficient (Wildman–Crippen LogP) is 0.406. The summed E-state index contributed by atoms with van der Waals surface area (Å²) in [6.45, 7) is 8.50. The van der Waals surface area contributed by atoms with Crippen LogP contribution in [0.2, 0.25) is 0 Å². The molecule has 0 aromatic carbocycles. The molecule has 0 fully saturated rings. The van der Waals surface area contributed by atoms with Gasteiger partial charge in [0, 0.05) is 12.6 Å². The van der Waals surface area contributed by atoms with Gasteiger partial charge in [-0.3, -0.25) is 4.68 Å². The lowest BCUT2D eigenvalue weighted by molar-refractivity contribution is 0.560. The third kappa shape index (κ3) is 3.30. The van der Waals surface area contributed by atoms with Crippen molar-refractivity contribution < 1.29 is 8.42 Å². The van der Waals surface area contributed by atoms with E-state index in [1.165, 1.54) is 0 Å². The zero-order valence-corrected chi connectivity index (χ0v) is 12.4. The summed E-state index contributed by atoms with van der Waals surface area (Å²) >= 11 is 0. The highest BCUT2D eigenvalue weighted by Crippen LogP contribution is 2.19. The van der Waals surface area contributed by atoms with Crippen LogP contribution in [0.25, 0.3) is 0 Å². The van der Waals surface area contributed by atoms with Crippen molar-refractivity contribution in [3.05, 3.63) is 11.4 Å². The topological polar surface area (TPSA) is 76.0 Å². The number of likely N-dealkylation sites (N-methyl/N-ethyl adjacent to an activating group) is 1. The van der Waals surface area contributed by atoms with Crippen molar-refractivity contribution in [2.45, 2.75) is 45.2 Å². The smallest absolute Gasteiger partial charge is 0.244 e. The minimum atomic E-state index is -3.48. The summed E-state index contributed by atoms with van der Waals surface area (Å²) in [7, 11) is -1.63. The number of aromatic nitrogens is 2. The highest BCUT2D eigenvalue weighted by molar-refractivity contribution is 7.89. The highest BCUT2D eigenvalue weighted by Gasteiger charge is 2.24. The van der Waals surface area contributed by atoms with Crippen LogP contribution in [0.4, 0.5) is 0 Å². The van der Waals surface area contributed by atoms with E-state index in [-0.39, 0.29) is 6.04 Å². The number of nitrogens with zero attached hydrogens (tertiary/aromatic N) is 2. The molecule has 0 aliphatic heterocycles. The highest BCUT2D eigenvalue weighted by atomic mass is 32.2. The fraction of sp³-hybridized carbons (Fsp3) is 0.727. The minimum Gasteiger partial charge on any atom is -0.318 e. The zero-order chi connectivity index (χ0) is 13.9. The minimum absolute atomic E-state index is 0.130. The maximum Gasteiger partial charge on any atom is 0.244 e. The van der Waals surface area contributed by atoms with E-state index in [2.05, 4.69) is 15.1 Å². The second kappa shape index (κ2) is 5.81. The van der Waals surface area contributed by atoms with Crippen molar-refractivity contribution in [3.8, 4) is 0 Å². The van der Waals surface area contributed by atoms with Gasteiger partial charge in [0.05, 0.1) is 17.9 Å². The Balaban J connectivity index is 3.13. The van der Waals surface area contributed by atoms with E-state index in [9.17, 15) is 8.42 Å². The summed E-state index contributed by atoms with van der Waals surface area (Å²) < 4.78 is 28.7. The van der Waals surface area contributed by atoms with Gasteiger partial charge in [0.25, 0.3) is 0 Å². The molecular weight excluding hydrogens is 252 g/mol. The summed E-state index contributed by atoms with van der Waals surface area (Å²) in [5.41, 5.74) is 1.22. The second-order valence-corrected chi connectivity index (χ2v) is 6.25. The molecule has 0 saturated heterocycles. The number of hydrogen-bond donors (Lipinski definition) is 2. The van der Waals surface area contributed by atoms with Crippen LogP contribution in [0, 0.1) is 13.8 Å². The largest absolute Gasteiger partial charge is 0.318 e. The van der Waals surface area contributed by atoms with Gasteiger partial charge >= 0.3 is 0 Å². The standard InChI is InChI=1S/C11H22N4O2S/c1-8(2)14-18(16,17)11-9(3)13-15(10(11)4)7-6-12-5/h8,12,14H,6-7H2,1-5H3. The lowest BCUT2D eigenvalue weighted by Crippen LogP contribution is -2.31. The van der Waals surface area contributed by atoms with Crippen molar-refractivity contribution in [2.75, 3.05) is 13.6 Å². The van der Waals surface area contributed by atoms with Gasteiger partial charge < -0.3 is 5.32 Å². The Hall–Kier alpha value is -0.920. The average molecular weight is 274 g/mol. The maximum atomic E-state index is 12.2. The molecule has 0 radical (unpaired) electrons. The molecular formula is C11H22N4O2S. The van der Waals surface area contributed by atoms with Crippen molar-refractivity contribution in [1.82, 2.24) is 19.8 Å². The van der Waals surface area contributed by atoms with Gasteiger partial charge in [-0.15, -0.1) is 0 Å². The lowest BCUT2D eigenvalue weighted by Gasteiger charge is -2.10.